The van der Waals surface area contributed by atoms with Crippen LogP contribution < -0.4 is 4.90 Å². The second-order valence-electron chi connectivity index (χ2n) is 17.0. The Bertz CT molecular complexity index is 3680. The Labute approximate surface area is 378 Å². The molecule has 0 unspecified atom stereocenters. The molecule has 308 valence electrons. The number of nitrogens with zero attached hydrogens (tertiary/aromatic N) is 2. The van der Waals surface area contributed by atoms with Gasteiger partial charge in [0.25, 0.3) is 0 Å². The van der Waals surface area contributed by atoms with Crippen LogP contribution in [0.3, 0.4) is 0 Å². The van der Waals surface area contributed by atoms with E-state index in [4.69, 9.17) is 4.42 Å². The van der Waals surface area contributed by atoms with Gasteiger partial charge in [-0.3, -0.25) is 0 Å². The fourth-order valence-corrected chi connectivity index (χ4v) is 10.0. The van der Waals surface area contributed by atoms with E-state index >= 15 is 0 Å². The van der Waals surface area contributed by atoms with Crippen molar-refractivity contribution < 1.29 is 4.42 Å². The maximum Gasteiger partial charge on any atom is 0.143 e. The molecule has 65 heavy (non-hydrogen) atoms. The van der Waals surface area contributed by atoms with Gasteiger partial charge in [-0.1, -0.05) is 164 Å². The van der Waals surface area contributed by atoms with Gasteiger partial charge >= 0.3 is 0 Å². The minimum Gasteiger partial charge on any atom is -0.455 e. The van der Waals surface area contributed by atoms with Crippen molar-refractivity contribution in [3.05, 3.63) is 242 Å². The number of hydrogen-bond donors (Lipinski definition) is 0. The molecule has 12 rings (SSSR count). The smallest absolute Gasteiger partial charge is 0.143 e. The Balaban J connectivity index is 1.13. The van der Waals surface area contributed by atoms with Crippen LogP contribution in [0.15, 0.2) is 235 Å². The van der Waals surface area contributed by atoms with Gasteiger partial charge < -0.3 is 13.9 Å². The highest BCUT2D eigenvalue weighted by molar-refractivity contribution is 6.12. The number of rotatable bonds is 8. The van der Waals surface area contributed by atoms with Gasteiger partial charge in [-0.25, -0.2) is 0 Å². The number of furan rings is 1. The van der Waals surface area contributed by atoms with Crippen molar-refractivity contribution in [1.29, 1.82) is 0 Å². The Morgan fingerprint density at radius 1 is 0.369 bits per heavy atom. The van der Waals surface area contributed by atoms with Gasteiger partial charge in [-0.05, 0) is 131 Å². The van der Waals surface area contributed by atoms with Gasteiger partial charge in [0.1, 0.15) is 11.2 Å². The predicted molar refractivity (Wildman–Crippen MR) is 274 cm³/mol. The molecule has 0 saturated heterocycles. The molecule has 3 nitrogen and oxygen atoms in total. The van der Waals surface area contributed by atoms with Crippen LogP contribution in [0, 0.1) is 13.8 Å². The Kier molecular flexibility index (Phi) is 9.28. The summed E-state index contributed by atoms with van der Waals surface area (Å²) in [5.74, 6) is 0. The summed E-state index contributed by atoms with van der Waals surface area (Å²) in [4.78, 5) is 2.46. The second kappa shape index (κ2) is 15.7. The zero-order valence-corrected chi connectivity index (χ0v) is 36.2. The zero-order valence-electron chi connectivity index (χ0n) is 36.2. The molecule has 0 aliphatic heterocycles. The molecule has 0 atom stereocenters. The topological polar surface area (TPSA) is 21.3 Å². The summed E-state index contributed by atoms with van der Waals surface area (Å²) in [6.07, 6.45) is 0. The van der Waals surface area contributed by atoms with E-state index in [1.54, 1.807) is 0 Å². The number of hydrogen-bond acceptors (Lipinski definition) is 2. The summed E-state index contributed by atoms with van der Waals surface area (Å²) in [5, 5.41) is 4.63. The molecular weight excluding hydrogens is 789 g/mol. The van der Waals surface area contributed by atoms with Crippen LogP contribution in [0.1, 0.15) is 11.1 Å². The minimum absolute atomic E-state index is 0.865. The normalized spacial score (nSPS) is 11.5. The summed E-state index contributed by atoms with van der Waals surface area (Å²) < 4.78 is 9.27. The van der Waals surface area contributed by atoms with Crippen LogP contribution in [-0.2, 0) is 0 Å². The Morgan fingerprint density at radius 2 is 0.938 bits per heavy atom. The second-order valence-corrected chi connectivity index (χ2v) is 17.0. The Hall–Kier alpha value is -8.40. The largest absolute Gasteiger partial charge is 0.455 e. The first-order chi connectivity index (χ1) is 32.1. The first-order valence-corrected chi connectivity index (χ1v) is 22.3. The molecule has 0 aliphatic carbocycles. The van der Waals surface area contributed by atoms with Crippen LogP contribution in [0.5, 0.6) is 0 Å². The van der Waals surface area contributed by atoms with Gasteiger partial charge in [0, 0.05) is 49.9 Å². The van der Waals surface area contributed by atoms with Crippen molar-refractivity contribution in [3.8, 4) is 50.2 Å². The van der Waals surface area contributed by atoms with Crippen molar-refractivity contribution in [1.82, 2.24) is 4.57 Å². The molecule has 0 radical (unpaired) electrons. The molecule has 10 aromatic carbocycles. The maximum absolute atomic E-state index is 6.88. The molecule has 0 fully saturated rings. The van der Waals surface area contributed by atoms with Crippen molar-refractivity contribution >= 4 is 60.8 Å². The van der Waals surface area contributed by atoms with Gasteiger partial charge in [0.05, 0.1) is 11.0 Å². The molecule has 12 aromatic rings. The molecule has 2 heterocycles. The van der Waals surface area contributed by atoms with E-state index < -0.39 is 0 Å². The fourth-order valence-electron chi connectivity index (χ4n) is 10.0. The maximum atomic E-state index is 6.88. The number of fused-ring (bicyclic) bond motifs is 6. The summed E-state index contributed by atoms with van der Waals surface area (Å²) in [6, 6.07) is 83.3. The summed E-state index contributed by atoms with van der Waals surface area (Å²) in [6.45, 7) is 4.49. The average Bonchev–Trinajstić information content (AvgIpc) is 3.91. The van der Waals surface area contributed by atoms with E-state index in [9.17, 15) is 0 Å². The SMILES string of the molecule is Cc1cc(-c2ccccc2)ccc1N(c1cc(C)c(-c2ccccc2)c(-c2ccccc2)c1)c1cc(-c2cccc(-n3c4ccccc4c4ccccc43)c2)c2oc3ccccc3c2c1. The third-order valence-electron chi connectivity index (χ3n) is 13.0. The van der Waals surface area contributed by atoms with E-state index in [1.165, 1.54) is 66.3 Å². The number of para-hydroxylation sites is 3. The minimum atomic E-state index is 0.865. The van der Waals surface area contributed by atoms with Gasteiger partial charge in [0.15, 0.2) is 0 Å². The first kappa shape index (κ1) is 38.3. The van der Waals surface area contributed by atoms with Crippen molar-refractivity contribution in [2.75, 3.05) is 4.90 Å². The fraction of sp³-hybridized carbons (Fsp3) is 0.0323. The predicted octanol–water partition coefficient (Wildman–Crippen LogP) is 17.4. The highest BCUT2D eigenvalue weighted by atomic mass is 16.3. The van der Waals surface area contributed by atoms with Crippen molar-refractivity contribution in [2.24, 2.45) is 0 Å². The quantitative estimate of drug-likeness (QED) is 0.152. The lowest BCUT2D eigenvalue weighted by Gasteiger charge is -2.30. The monoisotopic (exact) mass is 832 g/mol. The Morgan fingerprint density at radius 3 is 1.63 bits per heavy atom. The zero-order chi connectivity index (χ0) is 43.4. The van der Waals surface area contributed by atoms with Crippen LogP contribution >= 0.6 is 0 Å². The number of aromatic nitrogens is 1. The van der Waals surface area contributed by atoms with Crippen molar-refractivity contribution in [3.63, 3.8) is 0 Å². The van der Waals surface area contributed by atoms with Crippen LogP contribution in [0.4, 0.5) is 17.1 Å². The number of anilines is 3. The standard InChI is InChI=1S/C62H44N2O/c1-41-35-46(43-19-6-3-7-20-43)33-34-57(41)63(49-36-42(2)61(45-23-10-5-11-24-45)54(38-49)44-21-8-4-9-22-44)50-39-55(62-56(40-50)53-29-14-17-32-60(53)65-62)47-25-18-26-48(37-47)64-58-30-15-12-27-51(58)52-28-13-16-31-59(52)64/h3-40H,1-2H3. The van der Waals surface area contributed by atoms with Crippen LogP contribution in [0.2, 0.25) is 0 Å². The van der Waals surface area contributed by atoms with Gasteiger partial charge in [0.2, 0.25) is 0 Å². The van der Waals surface area contributed by atoms with Gasteiger partial charge in [-0.2, -0.15) is 0 Å². The highest BCUT2D eigenvalue weighted by Crippen LogP contribution is 2.47. The summed E-state index contributed by atoms with van der Waals surface area (Å²) in [7, 11) is 0. The summed E-state index contributed by atoms with van der Waals surface area (Å²) in [5.41, 5.74) is 20.1. The van der Waals surface area contributed by atoms with E-state index in [1.807, 2.05) is 0 Å². The molecule has 0 amide bonds. The molecule has 2 aromatic heterocycles. The molecular formula is C62H44N2O. The van der Waals surface area contributed by atoms with Crippen molar-refractivity contribution in [2.45, 2.75) is 13.8 Å². The lowest BCUT2D eigenvalue weighted by atomic mass is 9.89. The lowest BCUT2D eigenvalue weighted by Crippen LogP contribution is -2.12. The van der Waals surface area contributed by atoms with E-state index in [0.717, 1.165) is 55.8 Å². The third kappa shape index (κ3) is 6.60. The molecule has 0 aliphatic rings. The highest BCUT2D eigenvalue weighted by Gasteiger charge is 2.24. The molecule has 3 heteroatoms. The molecule has 0 bridgehead atoms. The third-order valence-corrected chi connectivity index (χ3v) is 13.0. The van der Waals surface area contributed by atoms with Crippen LogP contribution in [0.25, 0.3) is 93.9 Å². The van der Waals surface area contributed by atoms with E-state index in [-0.39, 0.29) is 0 Å². The molecule has 0 spiro atoms. The van der Waals surface area contributed by atoms with Crippen LogP contribution in [-0.4, -0.2) is 4.57 Å². The van der Waals surface area contributed by atoms with Gasteiger partial charge in [-0.15, -0.1) is 0 Å². The number of aryl methyl sites for hydroxylation is 2. The molecule has 0 N–H and O–H groups in total. The van der Waals surface area contributed by atoms with E-state index in [0.29, 0.717) is 0 Å². The molecule has 0 saturated carbocycles. The average molecular weight is 833 g/mol. The summed E-state index contributed by atoms with van der Waals surface area (Å²) >= 11 is 0. The van der Waals surface area contributed by atoms with E-state index in [2.05, 4.69) is 254 Å². The first-order valence-electron chi connectivity index (χ1n) is 22.3. The lowest BCUT2D eigenvalue weighted by molar-refractivity contribution is 0.670. The number of benzene rings is 10.